The molecule has 2 fully saturated rings. The van der Waals surface area contributed by atoms with Crippen LogP contribution in [0.2, 0.25) is 0 Å². The number of anilines is 1. The molecule has 1 atom stereocenters. The summed E-state index contributed by atoms with van der Waals surface area (Å²) in [4.78, 5) is 24.8. The number of alkyl halides is 3. The van der Waals surface area contributed by atoms with Crippen molar-refractivity contribution in [1.82, 2.24) is 19.6 Å². The van der Waals surface area contributed by atoms with Gasteiger partial charge in [-0.1, -0.05) is 42.5 Å². The van der Waals surface area contributed by atoms with Gasteiger partial charge in [0, 0.05) is 25.2 Å². The van der Waals surface area contributed by atoms with E-state index in [1.54, 1.807) is 6.07 Å². The first-order valence-electron chi connectivity index (χ1n) is 15.9. The molecule has 0 spiro atoms. The van der Waals surface area contributed by atoms with Gasteiger partial charge in [-0.3, -0.25) is 4.79 Å². The topological polar surface area (TPSA) is 95.5 Å². The fourth-order valence-electron chi connectivity index (χ4n) is 6.31. The summed E-state index contributed by atoms with van der Waals surface area (Å²) in [5.74, 6) is -0.172. The summed E-state index contributed by atoms with van der Waals surface area (Å²) in [5.41, 5.74) is 1.81. The van der Waals surface area contributed by atoms with Crippen molar-refractivity contribution in [3.63, 3.8) is 0 Å². The predicted molar refractivity (Wildman–Crippen MR) is 173 cm³/mol. The normalized spacial score (nSPS) is 17.8. The lowest BCUT2D eigenvalue weighted by Gasteiger charge is -2.32. The summed E-state index contributed by atoms with van der Waals surface area (Å²) < 4.78 is 80.9. The maximum atomic E-state index is 13.4. The van der Waals surface area contributed by atoms with E-state index in [1.165, 1.54) is 29.8 Å². The fourth-order valence-corrected chi connectivity index (χ4v) is 7.96. The van der Waals surface area contributed by atoms with Crippen LogP contribution >= 0.6 is 0 Å². The maximum absolute atomic E-state index is 13.4. The van der Waals surface area contributed by atoms with Gasteiger partial charge in [0.05, 0.1) is 28.4 Å². The minimum Gasteiger partial charge on any atom is -0.349 e. The number of carbonyl (C=O) groups excluding carboxylic acids is 1. The van der Waals surface area contributed by atoms with E-state index in [1.807, 2.05) is 23.1 Å². The number of benzene rings is 3. The molecule has 2 saturated heterocycles. The van der Waals surface area contributed by atoms with Crippen LogP contribution in [0.3, 0.4) is 0 Å². The molecule has 0 radical (unpaired) electrons. The van der Waals surface area contributed by atoms with E-state index in [9.17, 15) is 30.8 Å². The van der Waals surface area contributed by atoms with Crippen LogP contribution in [0.15, 0.2) is 89.8 Å². The molecule has 2 aliphatic heterocycles. The number of piperidine rings is 1. The SMILES string of the molecule is O=C(NCc1cc(-c2ccc(C(F)(F)F)cc2)nc(N2CCC(Cc3ccccc3)CC2)n1)C1CCCN1S(=O)(=O)c1ccc(F)cc1. The third kappa shape index (κ3) is 7.68. The minimum absolute atomic E-state index is 0.0482. The number of halogens is 4. The van der Waals surface area contributed by atoms with E-state index in [0.29, 0.717) is 54.7 Å². The molecule has 8 nitrogen and oxygen atoms in total. The molecule has 1 amide bonds. The van der Waals surface area contributed by atoms with Crippen LogP contribution in [0.4, 0.5) is 23.5 Å². The van der Waals surface area contributed by atoms with Crippen LogP contribution in [0.5, 0.6) is 0 Å². The molecule has 252 valence electrons. The van der Waals surface area contributed by atoms with Gasteiger partial charge in [0.1, 0.15) is 11.9 Å². The molecule has 0 saturated carbocycles. The lowest BCUT2D eigenvalue weighted by Crippen LogP contribution is -2.45. The van der Waals surface area contributed by atoms with Crippen molar-refractivity contribution in [2.45, 2.75) is 55.8 Å². The Morgan fingerprint density at radius 3 is 2.23 bits per heavy atom. The Labute approximate surface area is 276 Å². The Morgan fingerprint density at radius 2 is 1.56 bits per heavy atom. The molecule has 48 heavy (non-hydrogen) atoms. The van der Waals surface area contributed by atoms with Gasteiger partial charge >= 0.3 is 6.18 Å². The largest absolute Gasteiger partial charge is 0.416 e. The van der Waals surface area contributed by atoms with Gasteiger partial charge in [0.2, 0.25) is 21.9 Å². The van der Waals surface area contributed by atoms with E-state index in [4.69, 9.17) is 9.97 Å². The summed E-state index contributed by atoms with van der Waals surface area (Å²) in [6.07, 6.45) is -0.894. The van der Waals surface area contributed by atoms with Crippen LogP contribution in [0, 0.1) is 11.7 Å². The second-order valence-corrected chi connectivity index (χ2v) is 14.1. The number of nitrogens with one attached hydrogen (secondary N) is 1. The second kappa shape index (κ2) is 14.0. The lowest BCUT2D eigenvalue weighted by atomic mass is 9.90. The van der Waals surface area contributed by atoms with Crippen molar-refractivity contribution in [3.05, 3.63) is 108 Å². The number of amides is 1. The van der Waals surface area contributed by atoms with Crippen LogP contribution in [0.25, 0.3) is 11.3 Å². The highest BCUT2D eigenvalue weighted by Gasteiger charge is 2.39. The molecule has 2 aliphatic rings. The molecule has 3 aromatic carbocycles. The van der Waals surface area contributed by atoms with E-state index in [0.717, 1.165) is 47.8 Å². The molecule has 1 aromatic heterocycles. The summed E-state index contributed by atoms with van der Waals surface area (Å²) in [5, 5.41) is 2.81. The van der Waals surface area contributed by atoms with Crippen LogP contribution in [-0.2, 0) is 34.0 Å². The number of carbonyl (C=O) groups is 1. The molecule has 0 aliphatic carbocycles. The van der Waals surface area contributed by atoms with Crippen molar-refractivity contribution in [2.75, 3.05) is 24.5 Å². The number of hydrogen-bond acceptors (Lipinski definition) is 6. The highest BCUT2D eigenvalue weighted by molar-refractivity contribution is 7.89. The highest BCUT2D eigenvalue weighted by atomic mass is 32.2. The Hall–Kier alpha value is -4.36. The van der Waals surface area contributed by atoms with Gasteiger partial charge in [-0.25, -0.2) is 22.8 Å². The van der Waals surface area contributed by atoms with E-state index < -0.39 is 39.5 Å². The third-order valence-corrected chi connectivity index (χ3v) is 10.8. The number of hydrogen-bond donors (Lipinski definition) is 1. The van der Waals surface area contributed by atoms with Gasteiger partial charge in [0.15, 0.2) is 0 Å². The van der Waals surface area contributed by atoms with E-state index in [2.05, 4.69) is 17.4 Å². The highest BCUT2D eigenvalue weighted by Crippen LogP contribution is 2.32. The van der Waals surface area contributed by atoms with Gasteiger partial charge < -0.3 is 10.2 Å². The molecule has 6 rings (SSSR count). The molecule has 3 heterocycles. The smallest absolute Gasteiger partial charge is 0.349 e. The Kier molecular flexibility index (Phi) is 9.79. The monoisotopic (exact) mass is 681 g/mol. The minimum atomic E-state index is -4.48. The Bertz CT molecular complexity index is 1830. The van der Waals surface area contributed by atoms with Crippen molar-refractivity contribution in [2.24, 2.45) is 5.92 Å². The first-order chi connectivity index (χ1) is 23.0. The first-order valence-corrected chi connectivity index (χ1v) is 17.3. The van der Waals surface area contributed by atoms with Crippen molar-refractivity contribution >= 4 is 21.9 Å². The average Bonchev–Trinajstić information content (AvgIpc) is 3.59. The Morgan fingerprint density at radius 1 is 0.875 bits per heavy atom. The summed E-state index contributed by atoms with van der Waals surface area (Å²) >= 11 is 0. The quantitative estimate of drug-likeness (QED) is 0.211. The lowest BCUT2D eigenvalue weighted by molar-refractivity contribution is -0.137. The summed E-state index contributed by atoms with van der Waals surface area (Å²) in [6.45, 7) is 1.48. The Balaban J connectivity index is 1.20. The van der Waals surface area contributed by atoms with Crippen LogP contribution in [-0.4, -0.2) is 54.3 Å². The van der Waals surface area contributed by atoms with Gasteiger partial charge in [-0.2, -0.15) is 17.5 Å². The molecule has 1 unspecified atom stereocenters. The fraction of sp³-hybridized carbons (Fsp3) is 0.343. The van der Waals surface area contributed by atoms with Crippen LogP contribution in [0.1, 0.15) is 42.5 Å². The maximum Gasteiger partial charge on any atom is 0.416 e. The van der Waals surface area contributed by atoms with Gasteiger partial charge in [-0.15, -0.1) is 0 Å². The average molecular weight is 682 g/mol. The molecule has 13 heteroatoms. The molecule has 1 N–H and O–H groups in total. The zero-order valence-electron chi connectivity index (χ0n) is 26.0. The predicted octanol–water partition coefficient (Wildman–Crippen LogP) is 6.23. The van der Waals surface area contributed by atoms with E-state index >= 15 is 0 Å². The number of sulfonamides is 1. The zero-order valence-corrected chi connectivity index (χ0v) is 26.9. The van der Waals surface area contributed by atoms with Crippen molar-refractivity contribution < 1.29 is 30.8 Å². The standard InChI is InChI=1S/C35H35F4N5O3S/c36-28-12-14-30(15-13-28)48(46,47)44-18-4-7-32(44)33(45)40-23-29-22-31(26-8-10-27(11-9-26)35(37,38)39)42-34(41-29)43-19-16-25(17-20-43)21-24-5-2-1-3-6-24/h1-3,5-6,8-15,22,25,32H,4,7,16-21,23H2,(H,40,45). The third-order valence-electron chi connectivity index (χ3n) is 8.91. The summed E-state index contributed by atoms with van der Waals surface area (Å²) in [6, 6.07) is 20.1. The van der Waals surface area contributed by atoms with Crippen molar-refractivity contribution in [3.8, 4) is 11.3 Å². The molecule has 4 aromatic rings. The number of nitrogens with zero attached hydrogens (tertiary/aromatic N) is 4. The second-order valence-electron chi connectivity index (χ2n) is 12.2. The molecule has 0 bridgehead atoms. The number of rotatable bonds is 9. The molecular weight excluding hydrogens is 646 g/mol. The van der Waals surface area contributed by atoms with Crippen LogP contribution < -0.4 is 10.2 Å². The van der Waals surface area contributed by atoms with E-state index in [-0.39, 0.29) is 18.0 Å². The van der Waals surface area contributed by atoms with Gasteiger partial charge in [-0.05, 0) is 86.1 Å². The number of aromatic nitrogens is 2. The zero-order chi connectivity index (χ0) is 33.9. The first kappa shape index (κ1) is 33.5. The summed E-state index contributed by atoms with van der Waals surface area (Å²) in [7, 11) is -4.04. The van der Waals surface area contributed by atoms with Gasteiger partial charge in [0.25, 0.3) is 0 Å². The molecular formula is C35H35F4N5O3S. The van der Waals surface area contributed by atoms with Crippen molar-refractivity contribution in [1.29, 1.82) is 0 Å².